The van der Waals surface area contributed by atoms with Crippen molar-refractivity contribution in [3.05, 3.63) is 60.2 Å². The minimum atomic E-state index is -0.637. The van der Waals surface area contributed by atoms with E-state index in [0.29, 0.717) is 52.8 Å². The summed E-state index contributed by atoms with van der Waals surface area (Å²) in [6, 6.07) is 11.2. The summed E-state index contributed by atoms with van der Waals surface area (Å²) in [6.45, 7) is 1.20. The molecular formula is C24H23FN6O2. The first-order chi connectivity index (χ1) is 16.0. The normalized spacial score (nSPS) is 10.9. The summed E-state index contributed by atoms with van der Waals surface area (Å²) >= 11 is 0. The van der Waals surface area contributed by atoms with Crippen LogP contribution in [-0.4, -0.2) is 46.7 Å². The molecule has 0 unspecified atom stereocenters. The van der Waals surface area contributed by atoms with Crippen molar-refractivity contribution in [3.63, 3.8) is 0 Å². The Labute approximate surface area is 190 Å². The summed E-state index contributed by atoms with van der Waals surface area (Å²) in [4.78, 5) is 11.4. The van der Waals surface area contributed by atoms with E-state index < -0.39 is 5.82 Å². The zero-order chi connectivity index (χ0) is 23.5. The number of methoxy groups -OCH3 is 1. The van der Waals surface area contributed by atoms with Gasteiger partial charge in [0.1, 0.15) is 17.5 Å². The largest absolute Gasteiger partial charge is 0.504 e. The molecule has 0 fully saturated rings. The quantitative estimate of drug-likeness (QED) is 0.446. The van der Waals surface area contributed by atoms with Crippen LogP contribution in [0.25, 0.3) is 28.0 Å². The smallest absolute Gasteiger partial charge is 0.211 e. The van der Waals surface area contributed by atoms with Crippen molar-refractivity contribution in [2.75, 3.05) is 32.1 Å². The van der Waals surface area contributed by atoms with Crippen LogP contribution in [0, 0.1) is 17.1 Å². The number of imidazole rings is 1. The molecule has 3 N–H and O–H groups in total. The van der Waals surface area contributed by atoms with Crippen LogP contribution in [0.5, 0.6) is 11.5 Å². The van der Waals surface area contributed by atoms with Gasteiger partial charge in [-0.2, -0.15) is 5.26 Å². The molecule has 0 saturated carbocycles. The molecule has 8 nitrogen and oxygen atoms in total. The number of nitrogens with two attached hydrogens (primary N) is 1. The van der Waals surface area contributed by atoms with E-state index in [-0.39, 0.29) is 11.3 Å². The van der Waals surface area contributed by atoms with Crippen LogP contribution < -0.4 is 15.4 Å². The molecule has 0 aliphatic heterocycles. The van der Waals surface area contributed by atoms with Gasteiger partial charge < -0.3 is 20.5 Å². The Morgan fingerprint density at radius 2 is 2.03 bits per heavy atom. The Morgan fingerprint density at radius 3 is 2.70 bits per heavy atom. The van der Waals surface area contributed by atoms with Crippen LogP contribution in [0.3, 0.4) is 0 Å². The molecule has 2 heterocycles. The van der Waals surface area contributed by atoms with Crippen LogP contribution in [-0.2, 0) is 0 Å². The number of ether oxygens (including phenoxy) is 1. The molecule has 0 bridgehead atoms. The predicted octanol–water partition coefficient (Wildman–Crippen LogP) is 3.57. The van der Waals surface area contributed by atoms with Crippen molar-refractivity contribution in [2.45, 2.75) is 6.42 Å². The summed E-state index contributed by atoms with van der Waals surface area (Å²) in [6.07, 6.45) is 4.23. The number of anilines is 1. The molecule has 2 aromatic carbocycles. The summed E-state index contributed by atoms with van der Waals surface area (Å²) in [5, 5.41) is 19.5. The Hall–Kier alpha value is -4.16. The van der Waals surface area contributed by atoms with Gasteiger partial charge in [-0.3, -0.25) is 4.40 Å². The maximum absolute atomic E-state index is 14.6. The summed E-state index contributed by atoms with van der Waals surface area (Å²) < 4.78 is 21.6. The van der Waals surface area contributed by atoms with E-state index in [2.05, 4.69) is 4.98 Å². The number of phenols is 1. The van der Waals surface area contributed by atoms with Crippen molar-refractivity contribution in [1.29, 1.82) is 5.26 Å². The zero-order valence-corrected chi connectivity index (χ0v) is 18.3. The third kappa shape index (κ3) is 4.04. The van der Waals surface area contributed by atoms with Crippen molar-refractivity contribution in [3.8, 4) is 40.0 Å². The predicted molar refractivity (Wildman–Crippen MR) is 124 cm³/mol. The number of nitriles is 1. The van der Waals surface area contributed by atoms with Crippen LogP contribution in [0.1, 0.15) is 12.0 Å². The van der Waals surface area contributed by atoms with Crippen LogP contribution in [0.15, 0.2) is 48.8 Å². The first-order valence-electron chi connectivity index (χ1n) is 10.3. The highest BCUT2D eigenvalue weighted by Gasteiger charge is 2.21. The lowest BCUT2D eigenvalue weighted by atomic mass is 9.98. The first-order valence-corrected chi connectivity index (χ1v) is 10.3. The molecule has 0 spiro atoms. The van der Waals surface area contributed by atoms with E-state index >= 15 is 0 Å². The molecule has 0 atom stereocenters. The molecule has 4 aromatic rings. The Kier molecular flexibility index (Phi) is 6.11. The number of nitrogens with zero attached hydrogens (tertiary/aromatic N) is 5. The van der Waals surface area contributed by atoms with Crippen LogP contribution in [0.4, 0.5) is 10.3 Å². The fourth-order valence-corrected chi connectivity index (χ4v) is 3.74. The third-order valence-electron chi connectivity index (χ3n) is 5.40. The molecule has 0 aliphatic carbocycles. The second kappa shape index (κ2) is 9.14. The van der Waals surface area contributed by atoms with Crippen molar-refractivity contribution < 1.29 is 14.2 Å². The lowest BCUT2D eigenvalue weighted by Crippen LogP contribution is -2.24. The molecule has 0 radical (unpaired) electrons. The third-order valence-corrected chi connectivity index (χ3v) is 5.40. The topological polar surface area (TPSA) is 113 Å². The SMILES string of the molecule is COc1ccc(-c2c(-c3ccc(C#N)c(F)c3)nc(N(C)CCCN)n3ccnc23)cc1O. The van der Waals surface area contributed by atoms with Gasteiger partial charge in [0.25, 0.3) is 0 Å². The lowest BCUT2D eigenvalue weighted by Gasteiger charge is -2.22. The molecule has 2 aromatic heterocycles. The van der Waals surface area contributed by atoms with Crippen LogP contribution in [0.2, 0.25) is 0 Å². The van der Waals surface area contributed by atoms with E-state index in [1.807, 2.05) is 22.4 Å². The summed E-state index contributed by atoms with van der Waals surface area (Å²) in [5.74, 6) is 0.259. The number of fused-ring (bicyclic) bond motifs is 1. The number of aromatic hydroxyl groups is 1. The van der Waals surface area contributed by atoms with E-state index in [1.165, 1.54) is 19.2 Å². The molecule has 9 heteroatoms. The Morgan fingerprint density at radius 1 is 1.24 bits per heavy atom. The van der Waals surface area contributed by atoms with E-state index in [9.17, 15) is 9.50 Å². The van der Waals surface area contributed by atoms with Crippen molar-refractivity contribution in [1.82, 2.24) is 14.4 Å². The standard InChI is InChI=1S/C24H23FN6O2/c1-30(10-3-8-26)24-29-22(16-4-5-17(14-27)18(25)12-16)21(23-28-9-11-31(23)24)15-6-7-20(33-2)19(32)13-15/h4-7,9,11-13,32H,3,8,10,26H2,1-2H3. The first kappa shape index (κ1) is 22.0. The van der Waals surface area contributed by atoms with Gasteiger partial charge in [0.2, 0.25) is 5.95 Å². The van der Waals surface area contributed by atoms with Crippen LogP contribution >= 0.6 is 0 Å². The highest BCUT2D eigenvalue weighted by molar-refractivity contribution is 5.91. The lowest BCUT2D eigenvalue weighted by molar-refractivity contribution is 0.373. The van der Waals surface area contributed by atoms with Gasteiger partial charge in [-0.25, -0.2) is 14.4 Å². The van der Waals surface area contributed by atoms with E-state index in [0.717, 1.165) is 6.42 Å². The zero-order valence-electron chi connectivity index (χ0n) is 18.3. The van der Waals surface area contributed by atoms with Gasteiger partial charge in [0.15, 0.2) is 11.5 Å². The van der Waals surface area contributed by atoms with Gasteiger partial charge in [-0.1, -0.05) is 12.1 Å². The highest BCUT2D eigenvalue weighted by atomic mass is 19.1. The number of hydrogen-bond donors (Lipinski definition) is 2. The number of benzene rings is 2. The molecule has 0 amide bonds. The number of halogens is 1. The minimum absolute atomic E-state index is 0.0409. The van der Waals surface area contributed by atoms with Gasteiger partial charge in [0.05, 0.1) is 23.9 Å². The highest BCUT2D eigenvalue weighted by Crippen LogP contribution is 2.39. The van der Waals surface area contributed by atoms with E-state index in [1.54, 1.807) is 36.7 Å². The molecule has 0 saturated heterocycles. The Balaban J connectivity index is 2.02. The molecule has 4 rings (SSSR count). The number of hydrogen-bond acceptors (Lipinski definition) is 7. The molecule has 168 valence electrons. The molecule has 0 aliphatic rings. The van der Waals surface area contributed by atoms with Gasteiger partial charge in [-0.15, -0.1) is 0 Å². The maximum atomic E-state index is 14.6. The van der Waals surface area contributed by atoms with Crippen molar-refractivity contribution >= 4 is 11.6 Å². The van der Waals surface area contributed by atoms with Crippen molar-refractivity contribution in [2.24, 2.45) is 5.73 Å². The number of phenolic OH excluding ortho intramolecular Hbond substituents is 1. The Bertz CT molecular complexity index is 1360. The molecular weight excluding hydrogens is 423 g/mol. The fraction of sp³-hybridized carbons (Fsp3) is 0.208. The van der Waals surface area contributed by atoms with Gasteiger partial charge >= 0.3 is 0 Å². The van der Waals surface area contributed by atoms with Gasteiger partial charge in [0, 0.05) is 31.5 Å². The summed E-state index contributed by atoms with van der Waals surface area (Å²) in [7, 11) is 3.37. The maximum Gasteiger partial charge on any atom is 0.211 e. The minimum Gasteiger partial charge on any atom is -0.504 e. The van der Waals surface area contributed by atoms with Gasteiger partial charge in [-0.05, 0) is 42.8 Å². The molecule has 33 heavy (non-hydrogen) atoms. The van der Waals surface area contributed by atoms with E-state index in [4.69, 9.17) is 20.7 Å². The average Bonchev–Trinajstić information content (AvgIpc) is 3.31. The summed E-state index contributed by atoms with van der Waals surface area (Å²) in [5.41, 5.74) is 8.41. The second-order valence-electron chi connectivity index (χ2n) is 7.51. The monoisotopic (exact) mass is 446 g/mol. The average molecular weight is 446 g/mol. The second-order valence-corrected chi connectivity index (χ2v) is 7.51. The fourth-order valence-electron chi connectivity index (χ4n) is 3.74. The number of aromatic nitrogens is 3. The number of rotatable bonds is 7.